The lowest BCUT2D eigenvalue weighted by molar-refractivity contribution is 0.168. The highest BCUT2D eigenvalue weighted by atomic mass is 16.5. The summed E-state index contributed by atoms with van der Waals surface area (Å²) in [6.45, 7) is 7.33. The van der Waals surface area contributed by atoms with Crippen LogP contribution in [0.3, 0.4) is 0 Å². The van der Waals surface area contributed by atoms with E-state index in [4.69, 9.17) is 4.74 Å². The minimum Gasteiger partial charge on any atom is -0.488 e. The molecule has 0 heterocycles. The number of rotatable bonds is 4. The van der Waals surface area contributed by atoms with Gasteiger partial charge in [-0.3, -0.25) is 0 Å². The second-order valence-corrected chi connectivity index (χ2v) is 5.92. The zero-order chi connectivity index (χ0) is 14.8. The van der Waals surface area contributed by atoms with E-state index >= 15 is 0 Å². The van der Waals surface area contributed by atoms with Crippen LogP contribution < -0.4 is 10.1 Å². The molecule has 2 heteroatoms. The Hall–Kier alpha value is -1.80. The van der Waals surface area contributed by atoms with Crippen LogP contribution in [0.15, 0.2) is 42.5 Å². The van der Waals surface area contributed by atoms with Gasteiger partial charge in [0.05, 0.1) is 6.04 Å². The lowest BCUT2D eigenvalue weighted by Gasteiger charge is -2.23. The van der Waals surface area contributed by atoms with Crippen molar-refractivity contribution in [1.29, 1.82) is 0 Å². The van der Waals surface area contributed by atoms with Gasteiger partial charge in [0.2, 0.25) is 0 Å². The van der Waals surface area contributed by atoms with Gasteiger partial charge < -0.3 is 10.1 Å². The van der Waals surface area contributed by atoms with Gasteiger partial charge in [-0.1, -0.05) is 37.3 Å². The SMILES string of the molecule is CCNC1c2ccccc2CC1Oc1cc(C)cc(C)c1. The van der Waals surface area contributed by atoms with E-state index in [1.807, 2.05) is 0 Å². The largest absolute Gasteiger partial charge is 0.488 e. The summed E-state index contributed by atoms with van der Waals surface area (Å²) in [6.07, 6.45) is 1.14. The predicted molar refractivity (Wildman–Crippen MR) is 86.9 cm³/mol. The Kier molecular flexibility index (Phi) is 3.98. The molecule has 2 aromatic rings. The lowest BCUT2D eigenvalue weighted by atomic mass is 10.1. The van der Waals surface area contributed by atoms with E-state index in [1.165, 1.54) is 22.3 Å². The fourth-order valence-electron chi connectivity index (χ4n) is 3.31. The molecule has 2 aromatic carbocycles. The maximum Gasteiger partial charge on any atom is 0.122 e. The van der Waals surface area contributed by atoms with Crippen LogP contribution in [0.2, 0.25) is 0 Å². The number of ether oxygens (including phenoxy) is 1. The van der Waals surface area contributed by atoms with Gasteiger partial charge in [0.15, 0.2) is 0 Å². The molecule has 3 rings (SSSR count). The van der Waals surface area contributed by atoms with Crippen molar-refractivity contribution in [2.45, 2.75) is 39.3 Å². The van der Waals surface area contributed by atoms with E-state index in [-0.39, 0.29) is 12.1 Å². The van der Waals surface area contributed by atoms with Crippen LogP contribution in [0.25, 0.3) is 0 Å². The Labute approximate surface area is 127 Å². The summed E-state index contributed by atoms with van der Waals surface area (Å²) < 4.78 is 6.32. The molecule has 1 N–H and O–H groups in total. The first-order chi connectivity index (χ1) is 10.2. The zero-order valence-corrected chi connectivity index (χ0v) is 13.0. The number of hydrogen-bond acceptors (Lipinski definition) is 2. The second kappa shape index (κ2) is 5.90. The van der Waals surface area contributed by atoms with Crippen molar-refractivity contribution in [3.63, 3.8) is 0 Å². The molecule has 0 radical (unpaired) electrons. The monoisotopic (exact) mass is 281 g/mol. The zero-order valence-electron chi connectivity index (χ0n) is 13.0. The van der Waals surface area contributed by atoms with Gasteiger partial charge in [-0.05, 0) is 54.8 Å². The highest BCUT2D eigenvalue weighted by Gasteiger charge is 2.33. The highest BCUT2D eigenvalue weighted by molar-refractivity contribution is 5.38. The molecular weight excluding hydrogens is 258 g/mol. The molecule has 0 aromatic heterocycles. The number of fused-ring (bicyclic) bond motifs is 1. The molecule has 2 unspecified atom stereocenters. The number of likely N-dealkylation sites (N-methyl/N-ethyl adjacent to an activating group) is 1. The van der Waals surface area contributed by atoms with Gasteiger partial charge in [-0.25, -0.2) is 0 Å². The molecule has 0 saturated heterocycles. The molecule has 110 valence electrons. The van der Waals surface area contributed by atoms with Crippen molar-refractivity contribution in [3.05, 3.63) is 64.7 Å². The number of aryl methyl sites for hydroxylation is 2. The Morgan fingerprint density at radius 3 is 2.52 bits per heavy atom. The molecule has 2 atom stereocenters. The van der Waals surface area contributed by atoms with Crippen LogP contribution in [0.1, 0.15) is 35.2 Å². The Balaban J connectivity index is 1.85. The fourth-order valence-corrected chi connectivity index (χ4v) is 3.31. The smallest absolute Gasteiger partial charge is 0.122 e. The first-order valence-corrected chi connectivity index (χ1v) is 7.73. The van der Waals surface area contributed by atoms with Gasteiger partial charge in [0, 0.05) is 6.42 Å². The average molecular weight is 281 g/mol. The molecule has 1 aliphatic rings. The maximum atomic E-state index is 6.32. The standard InChI is InChI=1S/C19H23NO/c1-4-20-19-17-8-6-5-7-15(17)12-18(19)21-16-10-13(2)9-14(3)11-16/h5-11,18-20H,4,12H2,1-3H3. The number of nitrogens with one attached hydrogen (secondary N) is 1. The van der Waals surface area contributed by atoms with E-state index < -0.39 is 0 Å². The molecule has 0 fully saturated rings. The molecule has 21 heavy (non-hydrogen) atoms. The van der Waals surface area contributed by atoms with E-state index in [2.05, 4.69) is 68.6 Å². The van der Waals surface area contributed by atoms with Crippen LogP contribution in [-0.2, 0) is 6.42 Å². The third kappa shape index (κ3) is 2.96. The Bertz CT molecular complexity index is 615. The maximum absolute atomic E-state index is 6.32. The Morgan fingerprint density at radius 1 is 1.10 bits per heavy atom. The van der Waals surface area contributed by atoms with Crippen molar-refractivity contribution >= 4 is 0 Å². The third-order valence-electron chi connectivity index (χ3n) is 4.09. The normalized spacial score (nSPS) is 20.3. The van der Waals surface area contributed by atoms with Gasteiger partial charge in [0.25, 0.3) is 0 Å². The quantitative estimate of drug-likeness (QED) is 0.916. The minimum atomic E-state index is 0.170. The summed E-state index contributed by atoms with van der Waals surface area (Å²) in [7, 11) is 0. The topological polar surface area (TPSA) is 21.3 Å². The first-order valence-electron chi connectivity index (χ1n) is 7.73. The molecule has 1 aliphatic carbocycles. The van der Waals surface area contributed by atoms with Crippen molar-refractivity contribution in [3.8, 4) is 5.75 Å². The molecule has 0 aliphatic heterocycles. The van der Waals surface area contributed by atoms with Crippen molar-refractivity contribution in [2.75, 3.05) is 6.54 Å². The van der Waals surface area contributed by atoms with E-state index in [0.717, 1.165) is 18.7 Å². The number of benzene rings is 2. The van der Waals surface area contributed by atoms with Crippen molar-refractivity contribution < 1.29 is 4.74 Å². The van der Waals surface area contributed by atoms with Crippen LogP contribution in [0.5, 0.6) is 5.75 Å². The summed E-state index contributed by atoms with van der Waals surface area (Å²) in [5.74, 6) is 0.980. The van der Waals surface area contributed by atoms with E-state index in [0.29, 0.717) is 0 Å². The van der Waals surface area contributed by atoms with Crippen LogP contribution in [-0.4, -0.2) is 12.6 Å². The molecular formula is C19H23NO. The number of hydrogen-bond donors (Lipinski definition) is 1. The van der Waals surface area contributed by atoms with Crippen LogP contribution >= 0.6 is 0 Å². The minimum absolute atomic E-state index is 0.170. The van der Waals surface area contributed by atoms with E-state index in [9.17, 15) is 0 Å². The summed E-state index contributed by atoms with van der Waals surface area (Å²) in [5.41, 5.74) is 5.28. The summed E-state index contributed by atoms with van der Waals surface area (Å²) in [6, 6.07) is 15.4. The van der Waals surface area contributed by atoms with Gasteiger partial charge in [-0.15, -0.1) is 0 Å². The van der Waals surface area contributed by atoms with Crippen LogP contribution in [0, 0.1) is 13.8 Å². The summed E-state index contributed by atoms with van der Waals surface area (Å²) >= 11 is 0. The summed E-state index contributed by atoms with van der Waals surface area (Å²) in [5, 5.41) is 3.58. The van der Waals surface area contributed by atoms with Gasteiger partial charge >= 0.3 is 0 Å². The molecule has 0 amide bonds. The molecule has 0 saturated carbocycles. The van der Waals surface area contributed by atoms with Crippen molar-refractivity contribution in [1.82, 2.24) is 5.32 Å². The third-order valence-corrected chi connectivity index (χ3v) is 4.09. The lowest BCUT2D eigenvalue weighted by Crippen LogP contribution is -2.32. The van der Waals surface area contributed by atoms with E-state index in [1.54, 1.807) is 0 Å². The predicted octanol–water partition coefficient (Wildman–Crippen LogP) is 3.96. The van der Waals surface area contributed by atoms with Crippen LogP contribution in [0.4, 0.5) is 0 Å². The summed E-state index contributed by atoms with van der Waals surface area (Å²) in [4.78, 5) is 0. The first kappa shape index (κ1) is 14.2. The average Bonchev–Trinajstić information content (AvgIpc) is 2.76. The van der Waals surface area contributed by atoms with Gasteiger partial charge in [-0.2, -0.15) is 0 Å². The molecule has 2 nitrogen and oxygen atoms in total. The highest BCUT2D eigenvalue weighted by Crippen LogP contribution is 2.34. The second-order valence-electron chi connectivity index (χ2n) is 5.92. The Morgan fingerprint density at radius 2 is 1.81 bits per heavy atom. The van der Waals surface area contributed by atoms with Crippen molar-refractivity contribution in [2.24, 2.45) is 0 Å². The molecule has 0 bridgehead atoms. The fraction of sp³-hybridized carbons (Fsp3) is 0.368. The van der Waals surface area contributed by atoms with Gasteiger partial charge in [0.1, 0.15) is 11.9 Å². The molecule has 0 spiro atoms.